The molecule has 0 amide bonds. The molecule has 0 atom stereocenters. The van der Waals surface area contributed by atoms with E-state index >= 15 is 0 Å². The van der Waals surface area contributed by atoms with E-state index in [1.807, 2.05) is 27.7 Å². The molecule has 0 spiro atoms. The number of nitrogens with zero attached hydrogens (tertiary/aromatic N) is 3. The first-order chi connectivity index (χ1) is 7.49. The van der Waals surface area contributed by atoms with Gasteiger partial charge in [0, 0.05) is 10.5 Å². The average molecular weight is 217 g/mol. The Bertz CT molecular complexity index is 459. The van der Waals surface area contributed by atoms with Crippen LogP contribution in [0.15, 0.2) is 11.2 Å². The number of Topliss-reactive ketones (excluding diaryl/α,β-unsaturated/α-hetero) is 1. The number of azide groups is 1. The Balaban J connectivity index is 3.31. The Hall–Kier alpha value is -1.80. The third-order valence-corrected chi connectivity index (χ3v) is 2.92. The van der Waals surface area contributed by atoms with Gasteiger partial charge in [0.1, 0.15) is 0 Å². The number of ketones is 1. The number of hydrogen-bond acceptors (Lipinski definition) is 2. The largest absolute Gasteiger partial charge is 0.294 e. The van der Waals surface area contributed by atoms with Crippen LogP contribution in [0, 0.1) is 27.7 Å². The van der Waals surface area contributed by atoms with Crippen molar-refractivity contribution in [2.75, 3.05) is 6.54 Å². The summed E-state index contributed by atoms with van der Waals surface area (Å²) in [4.78, 5) is 14.5. The van der Waals surface area contributed by atoms with Gasteiger partial charge in [0.15, 0.2) is 5.78 Å². The van der Waals surface area contributed by atoms with Gasteiger partial charge in [-0.1, -0.05) is 11.2 Å². The number of rotatable bonds is 3. The van der Waals surface area contributed by atoms with Crippen LogP contribution >= 0.6 is 0 Å². The smallest absolute Gasteiger partial charge is 0.169 e. The first kappa shape index (κ1) is 12.3. The number of aryl methyl sites for hydroxylation is 2. The number of carbonyl (C=O) groups excluding carboxylic acids is 1. The quantitative estimate of drug-likeness (QED) is 0.331. The lowest BCUT2D eigenvalue weighted by Crippen LogP contribution is -2.10. The zero-order valence-electron chi connectivity index (χ0n) is 10.0. The molecule has 84 valence electrons. The fraction of sp³-hybridized carbons (Fsp3) is 0.417. The molecular weight excluding hydrogens is 202 g/mol. The maximum absolute atomic E-state index is 11.9. The number of hydrogen-bond donors (Lipinski definition) is 0. The molecule has 0 bridgehead atoms. The van der Waals surface area contributed by atoms with Crippen molar-refractivity contribution in [1.29, 1.82) is 0 Å². The van der Waals surface area contributed by atoms with Crippen LogP contribution in [-0.4, -0.2) is 12.3 Å². The van der Waals surface area contributed by atoms with Gasteiger partial charge >= 0.3 is 0 Å². The van der Waals surface area contributed by atoms with E-state index in [0.717, 1.165) is 22.3 Å². The van der Waals surface area contributed by atoms with Crippen molar-refractivity contribution in [2.24, 2.45) is 5.11 Å². The van der Waals surface area contributed by atoms with Gasteiger partial charge < -0.3 is 0 Å². The molecule has 0 aliphatic carbocycles. The van der Waals surface area contributed by atoms with Gasteiger partial charge in [-0.15, -0.1) is 0 Å². The normalized spacial score (nSPS) is 9.75. The molecule has 1 rings (SSSR count). The van der Waals surface area contributed by atoms with Gasteiger partial charge in [0.05, 0.1) is 6.54 Å². The van der Waals surface area contributed by atoms with Crippen molar-refractivity contribution in [1.82, 2.24) is 0 Å². The fourth-order valence-electron chi connectivity index (χ4n) is 1.81. The van der Waals surface area contributed by atoms with Crippen molar-refractivity contribution >= 4 is 5.78 Å². The standard InChI is InChI=1S/C12H15N3O/c1-7-5-8(2)10(4)12(9(7)3)11(16)6-14-15-13/h5H,6H2,1-4H3. The Morgan fingerprint density at radius 1 is 1.25 bits per heavy atom. The van der Waals surface area contributed by atoms with E-state index in [-0.39, 0.29) is 12.3 Å². The molecule has 0 heterocycles. The maximum atomic E-state index is 11.9. The molecule has 1 aromatic rings. The highest BCUT2D eigenvalue weighted by Gasteiger charge is 2.14. The lowest BCUT2D eigenvalue weighted by Gasteiger charge is -2.13. The molecule has 0 radical (unpaired) electrons. The lowest BCUT2D eigenvalue weighted by molar-refractivity contribution is 0.1000. The minimum atomic E-state index is -0.111. The first-order valence-corrected chi connectivity index (χ1v) is 5.10. The van der Waals surface area contributed by atoms with Crippen LogP contribution in [0.2, 0.25) is 0 Å². The average Bonchev–Trinajstić information content (AvgIpc) is 2.24. The molecule has 0 unspecified atom stereocenters. The summed E-state index contributed by atoms with van der Waals surface area (Å²) in [6.45, 7) is 7.69. The SMILES string of the molecule is Cc1cc(C)c(C)c(C(=O)CN=[N+]=[N-])c1C. The molecule has 0 aliphatic rings. The van der Waals surface area contributed by atoms with Gasteiger partial charge in [-0.3, -0.25) is 4.79 Å². The zero-order chi connectivity index (χ0) is 12.3. The van der Waals surface area contributed by atoms with Crippen molar-refractivity contribution in [3.63, 3.8) is 0 Å². The van der Waals surface area contributed by atoms with Crippen molar-refractivity contribution in [3.05, 3.63) is 44.3 Å². The van der Waals surface area contributed by atoms with E-state index in [2.05, 4.69) is 16.1 Å². The number of carbonyl (C=O) groups is 1. The van der Waals surface area contributed by atoms with Gasteiger partial charge in [-0.05, 0) is 55.5 Å². The Kier molecular flexibility index (Phi) is 3.69. The maximum Gasteiger partial charge on any atom is 0.169 e. The Morgan fingerprint density at radius 2 is 1.75 bits per heavy atom. The van der Waals surface area contributed by atoms with Crippen LogP contribution in [0.3, 0.4) is 0 Å². The molecule has 0 N–H and O–H groups in total. The van der Waals surface area contributed by atoms with E-state index in [4.69, 9.17) is 5.53 Å². The second-order valence-electron chi connectivity index (χ2n) is 3.95. The summed E-state index contributed by atoms with van der Waals surface area (Å²) in [6, 6.07) is 2.06. The molecule has 0 saturated carbocycles. The zero-order valence-corrected chi connectivity index (χ0v) is 10.0. The van der Waals surface area contributed by atoms with Crippen molar-refractivity contribution in [3.8, 4) is 0 Å². The first-order valence-electron chi connectivity index (χ1n) is 5.10. The molecule has 1 aromatic carbocycles. The lowest BCUT2D eigenvalue weighted by atomic mass is 9.92. The van der Waals surface area contributed by atoms with Crippen LogP contribution in [0.1, 0.15) is 32.6 Å². The number of benzene rings is 1. The summed E-state index contributed by atoms with van der Waals surface area (Å²) in [5.41, 5.74) is 13.0. The minimum absolute atomic E-state index is 0.110. The van der Waals surface area contributed by atoms with Crippen molar-refractivity contribution in [2.45, 2.75) is 27.7 Å². The monoisotopic (exact) mass is 217 g/mol. The second-order valence-corrected chi connectivity index (χ2v) is 3.95. The van der Waals surface area contributed by atoms with Crippen LogP contribution in [0.4, 0.5) is 0 Å². The summed E-state index contributed by atoms with van der Waals surface area (Å²) >= 11 is 0. The summed E-state index contributed by atoms with van der Waals surface area (Å²) in [7, 11) is 0. The third-order valence-electron chi connectivity index (χ3n) is 2.92. The van der Waals surface area contributed by atoms with Gasteiger partial charge in [-0.25, -0.2) is 0 Å². The molecule has 0 saturated heterocycles. The van der Waals surface area contributed by atoms with E-state index in [1.165, 1.54) is 0 Å². The summed E-state index contributed by atoms with van der Waals surface area (Å²) in [5.74, 6) is -0.111. The fourth-order valence-corrected chi connectivity index (χ4v) is 1.81. The highest BCUT2D eigenvalue weighted by Crippen LogP contribution is 2.22. The van der Waals surface area contributed by atoms with Crippen LogP contribution in [0.25, 0.3) is 10.4 Å². The Morgan fingerprint density at radius 3 is 2.19 bits per heavy atom. The molecular formula is C12H15N3O. The molecule has 0 fully saturated rings. The van der Waals surface area contributed by atoms with Crippen LogP contribution < -0.4 is 0 Å². The highest BCUT2D eigenvalue weighted by molar-refractivity contribution is 6.00. The molecule has 16 heavy (non-hydrogen) atoms. The Labute approximate surface area is 94.9 Å². The predicted octanol–water partition coefficient (Wildman–Crippen LogP) is 3.41. The van der Waals surface area contributed by atoms with E-state index in [9.17, 15) is 4.79 Å². The van der Waals surface area contributed by atoms with Gasteiger partial charge in [0.2, 0.25) is 0 Å². The molecule has 0 aliphatic heterocycles. The molecule has 4 nitrogen and oxygen atoms in total. The van der Waals surface area contributed by atoms with Crippen molar-refractivity contribution < 1.29 is 4.79 Å². The minimum Gasteiger partial charge on any atom is -0.294 e. The second kappa shape index (κ2) is 4.81. The van der Waals surface area contributed by atoms with Crippen LogP contribution in [0.5, 0.6) is 0 Å². The van der Waals surface area contributed by atoms with Crippen LogP contribution in [-0.2, 0) is 0 Å². The molecule has 4 heteroatoms. The van der Waals surface area contributed by atoms with E-state index in [0.29, 0.717) is 5.56 Å². The van der Waals surface area contributed by atoms with Gasteiger partial charge in [-0.2, -0.15) is 0 Å². The van der Waals surface area contributed by atoms with E-state index < -0.39 is 0 Å². The highest BCUT2D eigenvalue weighted by atomic mass is 16.1. The topological polar surface area (TPSA) is 65.8 Å². The summed E-state index contributed by atoms with van der Waals surface area (Å²) in [6.07, 6.45) is 0. The van der Waals surface area contributed by atoms with E-state index in [1.54, 1.807) is 0 Å². The summed E-state index contributed by atoms with van der Waals surface area (Å²) in [5, 5.41) is 3.32. The van der Waals surface area contributed by atoms with Gasteiger partial charge in [0.25, 0.3) is 0 Å². The summed E-state index contributed by atoms with van der Waals surface area (Å²) < 4.78 is 0. The molecule has 0 aromatic heterocycles. The predicted molar refractivity (Wildman–Crippen MR) is 63.7 cm³/mol. The third kappa shape index (κ3) is 2.23.